The van der Waals surface area contributed by atoms with Gasteiger partial charge in [0.15, 0.2) is 17.6 Å². The zero-order valence-electron chi connectivity index (χ0n) is 15.5. The average Bonchev–Trinajstić information content (AvgIpc) is 2.69. The van der Waals surface area contributed by atoms with Gasteiger partial charge in [0.1, 0.15) is 0 Å². The Morgan fingerprint density at radius 3 is 2.03 bits per heavy atom. The average molecular weight is 394 g/mol. The van der Waals surface area contributed by atoms with Crippen molar-refractivity contribution in [3.05, 3.63) is 60.7 Å². The molecule has 1 fully saturated rings. The number of imide groups is 1. The van der Waals surface area contributed by atoms with Crippen LogP contribution in [0.1, 0.15) is 6.92 Å². The molecule has 8 nitrogen and oxygen atoms in total. The van der Waals surface area contributed by atoms with E-state index in [1.54, 1.807) is 48.5 Å². The van der Waals surface area contributed by atoms with Crippen molar-refractivity contribution >= 4 is 40.8 Å². The fourth-order valence-corrected chi connectivity index (χ4v) is 3.03. The van der Waals surface area contributed by atoms with Crippen molar-refractivity contribution in [2.45, 2.75) is 6.92 Å². The number of amides is 3. The number of hydrogen-bond acceptors (Lipinski definition) is 6. The van der Waals surface area contributed by atoms with Crippen molar-refractivity contribution in [2.24, 2.45) is 11.8 Å². The summed E-state index contributed by atoms with van der Waals surface area (Å²) in [6.45, 7) is 1.46. The second kappa shape index (κ2) is 8.47. The number of benzene rings is 2. The number of hydrogen-bond donors (Lipinski definition) is 1. The molecule has 0 aromatic heterocycles. The minimum Gasteiger partial charge on any atom is -0.465 e. The van der Waals surface area contributed by atoms with Gasteiger partial charge in [-0.1, -0.05) is 36.4 Å². The number of Topliss-reactive ketones (excluding diaryl/α,β-unsaturated/α-hetero) is 1. The number of nitrogens with zero attached hydrogens (tertiary/aromatic N) is 1. The number of rotatable bonds is 5. The summed E-state index contributed by atoms with van der Waals surface area (Å²) < 4.78 is 4.84. The fourth-order valence-electron chi connectivity index (χ4n) is 3.03. The topological polar surface area (TPSA) is 110 Å². The van der Waals surface area contributed by atoms with Gasteiger partial charge in [-0.05, 0) is 31.2 Å². The Morgan fingerprint density at radius 1 is 0.897 bits per heavy atom. The third-order valence-electron chi connectivity index (χ3n) is 4.34. The number of carbonyl (C=O) groups excluding carboxylic acids is 5. The van der Waals surface area contributed by atoms with Crippen LogP contribution in [0.2, 0.25) is 0 Å². The van der Waals surface area contributed by atoms with E-state index in [2.05, 4.69) is 5.32 Å². The van der Waals surface area contributed by atoms with Gasteiger partial charge in [0.25, 0.3) is 11.8 Å². The molecular formula is C21H18N2O6. The minimum absolute atomic E-state index is 0.0595. The molecule has 0 aliphatic carbocycles. The Hall–Kier alpha value is -3.81. The molecule has 2 aromatic rings. The zero-order chi connectivity index (χ0) is 21.0. The molecule has 1 aliphatic rings. The van der Waals surface area contributed by atoms with Crippen LogP contribution in [-0.2, 0) is 28.7 Å². The van der Waals surface area contributed by atoms with Crippen LogP contribution in [0.25, 0.3) is 0 Å². The van der Waals surface area contributed by atoms with Crippen molar-refractivity contribution < 1.29 is 28.7 Å². The molecule has 0 radical (unpaired) electrons. The van der Waals surface area contributed by atoms with Crippen LogP contribution in [0.15, 0.2) is 60.7 Å². The zero-order valence-corrected chi connectivity index (χ0v) is 15.5. The monoisotopic (exact) mass is 394 g/mol. The largest absolute Gasteiger partial charge is 0.465 e. The van der Waals surface area contributed by atoms with Crippen LogP contribution in [-0.4, -0.2) is 36.1 Å². The van der Waals surface area contributed by atoms with E-state index < -0.39 is 41.3 Å². The van der Waals surface area contributed by atoms with E-state index in [-0.39, 0.29) is 12.3 Å². The molecule has 1 aliphatic heterocycles. The number of ether oxygens (including phenoxy) is 1. The first-order chi connectivity index (χ1) is 14.0. The summed E-state index contributed by atoms with van der Waals surface area (Å²) in [6, 6.07) is 16.0. The maximum absolute atomic E-state index is 13.0. The van der Waals surface area contributed by atoms with E-state index >= 15 is 0 Å². The maximum Gasteiger partial charge on any atom is 0.326 e. The minimum atomic E-state index is -1.89. The van der Waals surface area contributed by atoms with Crippen LogP contribution < -0.4 is 10.2 Å². The highest BCUT2D eigenvalue weighted by molar-refractivity contribution is 6.42. The molecule has 1 heterocycles. The van der Waals surface area contributed by atoms with Gasteiger partial charge in [-0.15, -0.1) is 0 Å². The lowest BCUT2D eigenvalue weighted by Gasteiger charge is -2.32. The van der Waals surface area contributed by atoms with Crippen molar-refractivity contribution in [3.8, 4) is 0 Å². The van der Waals surface area contributed by atoms with Gasteiger partial charge >= 0.3 is 5.97 Å². The lowest BCUT2D eigenvalue weighted by molar-refractivity contribution is -0.159. The molecule has 3 rings (SSSR count). The molecule has 0 spiro atoms. The van der Waals surface area contributed by atoms with Crippen molar-refractivity contribution in [2.75, 3.05) is 16.8 Å². The molecule has 1 saturated heterocycles. The third kappa shape index (κ3) is 3.91. The van der Waals surface area contributed by atoms with Gasteiger partial charge in [-0.2, -0.15) is 0 Å². The predicted octanol–water partition coefficient (Wildman–Crippen LogP) is 1.56. The standard InChI is InChI=1S/C21H18N2O6/c1-2-29-21(28)16-17(24)15(18(25)22-13-9-5-3-6-10-13)19(26)23(20(16)27)14-11-7-4-8-12-14/h3-12,15-16H,2H2,1H3,(H,22,25). The first-order valence-electron chi connectivity index (χ1n) is 8.94. The van der Waals surface area contributed by atoms with E-state index in [4.69, 9.17) is 4.74 Å². The Kier molecular flexibility index (Phi) is 5.82. The Morgan fingerprint density at radius 2 is 1.45 bits per heavy atom. The number of nitrogens with one attached hydrogen (secondary N) is 1. The summed E-state index contributed by atoms with van der Waals surface area (Å²) in [4.78, 5) is 64.4. The lowest BCUT2D eigenvalue weighted by Crippen LogP contribution is -2.60. The predicted molar refractivity (Wildman–Crippen MR) is 103 cm³/mol. The summed E-state index contributed by atoms with van der Waals surface area (Å²) >= 11 is 0. The van der Waals surface area contributed by atoms with Gasteiger partial charge < -0.3 is 10.1 Å². The lowest BCUT2D eigenvalue weighted by atomic mass is 9.85. The summed E-state index contributed by atoms with van der Waals surface area (Å²) in [5, 5.41) is 2.48. The molecule has 2 unspecified atom stereocenters. The van der Waals surface area contributed by atoms with Gasteiger partial charge in [0.05, 0.1) is 12.3 Å². The molecule has 3 amide bonds. The van der Waals surface area contributed by atoms with Gasteiger partial charge in [0.2, 0.25) is 5.91 Å². The highest BCUT2D eigenvalue weighted by Gasteiger charge is 2.54. The SMILES string of the molecule is CCOC(=O)C1C(=O)C(C(=O)Nc2ccccc2)C(=O)N(c2ccccc2)C1=O. The number of anilines is 2. The molecule has 1 N–H and O–H groups in total. The molecule has 29 heavy (non-hydrogen) atoms. The van der Waals surface area contributed by atoms with Gasteiger partial charge in [-0.3, -0.25) is 24.0 Å². The summed E-state index contributed by atoms with van der Waals surface area (Å²) in [5.74, 6) is -8.91. The summed E-state index contributed by atoms with van der Waals surface area (Å²) in [6.07, 6.45) is 0. The number of esters is 1. The van der Waals surface area contributed by atoms with E-state index in [1.807, 2.05) is 0 Å². The summed E-state index contributed by atoms with van der Waals surface area (Å²) in [7, 11) is 0. The fraction of sp³-hybridized carbons (Fsp3) is 0.190. The molecule has 2 aromatic carbocycles. The van der Waals surface area contributed by atoms with Gasteiger partial charge in [0, 0.05) is 5.69 Å². The molecule has 8 heteroatoms. The first-order valence-corrected chi connectivity index (χ1v) is 8.94. The summed E-state index contributed by atoms with van der Waals surface area (Å²) in [5.41, 5.74) is 0.524. The molecule has 148 valence electrons. The second-order valence-electron chi connectivity index (χ2n) is 6.22. The Bertz CT molecular complexity index is 958. The van der Waals surface area contributed by atoms with Crippen LogP contribution in [0.5, 0.6) is 0 Å². The number of piperidine rings is 1. The van der Waals surface area contributed by atoms with E-state index in [0.29, 0.717) is 10.6 Å². The van der Waals surface area contributed by atoms with Crippen molar-refractivity contribution in [1.82, 2.24) is 0 Å². The maximum atomic E-state index is 13.0. The highest BCUT2D eigenvalue weighted by atomic mass is 16.5. The van der Waals surface area contributed by atoms with Crippen LogP contribution in [0, 0.1) is 11.8 Å². The smallest absolute Gasteiger partial charge is 0.326 e. The molecule has 0 bridgehead atoms. The number of ketones is 1. The third-order valence-corrected chi connectivity index (χ3v) is 4.34. The van der Waals surface area contributed by atoms with E-state index in [9.17, 15) is 24.0 Å². The van der Waals surface area contributed by atoms with Crippen LogP contribution >= 0.6 is 0 Å². The van der Waals surface area contributed by atoms with Crippen molar-refractivity contribution in [1.29, 1.82) is 0 Å². The quantitative estimate of drug-likeness (QED) is 0.468. The van der Waals surface area contributed by atoms with Crippen LogP contribution in [0.4, 0.5) is 11.4 Å². The first kappa shape index (κ1) is 19.9. The van der Waals surface area contributed by atoms with E-state index in [1.165, 1.54) is 19.1 Å². The van der Waals surface area contributed by atoms with E-state index in [0.717, 1.165) is 0 Å². The van der Waals surface area contributed by atoms with Crippen LogP contribution in [0.3, 0.4) is 0 Å². The molecule has 0 saturated carbocycles. The number of para-hydroxylation sites is 2. The normalized spacial score (nSPS) is 19.1. The molecular weight excluding hydrogens is 376 g/mol. The highest BCUT2D eigenvalue weighted by Crippen LogP contribution is 2.28. The number of carbonyl (C=O) groups is 5. The second-order valence-corrected chi connectivity index (χ2v) is 6.22. The Labute approximate surface area is 166 Å². The Balaban J connectivity index is 2.00. The van der Waals surface area contributed by atoms with Gasteiger partial charge in [-0.25, -0.2) is 4.90 Å². The molecule has 2 atom stereocenters. The van der Waals surface area contributed by atoms with Crippen molar-refractivity contribution in [3.63, 3.8) is 0 Å².